The van der Waals surface area contributed by atoms with Crippen LogP contribution >= 0.6 is 0 Å². The summed E-state index contributed by atoms with van der Waals surface area (Å²) >= 11 is 0. The quantitative estimate of drug-likeness (QED) is 0.455. The third kappa shape index (κ3) is 0.537. The summed E-state index contributed by atoms with van der Waals surface area (Å²) in [4.78, 5) is 0. The Bertz CT molecular complexity index is 49.9. The van der Waals surface area contributed by atoms with E-state index in [-0.39, 0.29) is 0 Å². The molecule has 6 heavy (non-hydrogen) atoms. The molecule has 0 spiro atoms. The molecule has 0 nitrogen and oxygen atoms in total. The minimum atomic E-state index is -0.498. The lowest BCUT2D eigenvalue weighted by Crippen LogP contribution is -1.72. The molecule has 0 aliphatic heterocycles. The van der Waals surface area contributed by atoms with E-state index in [1.165, 1.54) is 0 Å². The van der Waals surface area contributed by atoms with E-state index >= 15 is 0 Å². The van der Waals surface area contributed by atoms with Gasteiger partial charge in [0.1, 0.15) is 6.17 Å². The van der Waals surface area contributed by atoms with Crippen molar-refractivity contribution in [2.45, 2.75) is 19.0 Å². The van der Waals surface area contributed by atoms with Crippen LogP contribution in [0, 0.1) is 12.8 Å². The number of alkyl halides is 1. The summed E-state index contributed by atoms with van der Waals surface area (Å²) in [6.45, 7) is 3.56. The van der Waals surface area contributed by atoms with Crippen LogP contribution in [-0.4, -0.2) is 6.17 Å². The van der Waals surface area contributed by atoms with Gasteiger partial charge in [0.05, 0.1) is 0 Å². The molecule has 1 saturated carbocycles. The molecular weight excluding hydrogens is 79.1 g/mol. The second-order valence-corrected chi connectivity index (χ2v) is 1.80. The van der Waals surface area contributed by atoms with Gasteiger partial charge in [0, 0.05) is 0 Å². The molecule has 0 aromatic heterocycles. The van der Waals surface area contributed by atoms with Gasteiger partial charge in [-0.05, 0) is 18.8 Å². The molecule has 35 valence electrons. The highest BCUT2D eigenvalue weighted by Crippen LogP contribution is 2.35. The Morgan fingerprint density at radius 3 is 2.33 bits per heavy atom. The standard InChI is InChI=1S/C5H8F/c1-2-4-3-5(4)6/h4-5H,1-3H2. The average Bonchev–Trinajstić information content (AvgIpc) is 2.19. The van der Waals surface area contributed by atoms with Crippen LogP contribution in [0.1, 0.15) is 12.8 Å². The van der Waals surface area contributed by atoms with Gasteiger partial charge in [-0.15, -0.1) is 0 Å². The van der Waals surface area contributed by atoms with Crippen LogP contribution in [0.15, 0.2) is 0 Å². The van der Waals surface area contributed by atoms with Crippen molar-refractivity contribution < 1.29 is 4.39 Å². The molecule has 0 aromatic rings. The second-order valence-electron chi connectivity index (χ2n) is 1.80. The maximum absolute atomic E-state index is 11.7. The molecule has 0 heterocycles. The second kappa shape index (κ2) is 1.21. The van der Waals surface area contributed by atoms with E-state index in [1.807, 2.05) is 0 Å². The molecule has 2 unspecified atom stereocenters. The van der Waals surface area contributed by atoms with Gasteiger partial charge in [-0.1, -0.05) is 6.92 Å². The van der Waals surface area contributed by atoms with Gasteiger partial charge < -0.3 is 0 Å². The van der Waals surface area contributed by atoms with Gasteiger partial charge in [0.15, 0.2) is 0 Å². The van der Waals surface area contributed by atoms with E-state index in [0.717, 1.165) is 12.8 Å². The molecule has 1 fully saturated rings. The summed E-state index contributed by atoms with van der Waals surface area (Å²) < 4.78 is 11.7. The maximum atomic E-state index is 11.7. The van der Waals surface area contributed by atoms with E-state index in [2.05, 4.69) is 6.92 Å². The molecule has 1 aliphatic carbocycles. The fourth-order valence-electron chi connectivity index (χ4n) is 0.509. The van der Waals surface area contributed by atoms with Gasteiger partial charge in [-0.2, -0.15) is 0 Å². The molecule has 2 atom stereocenters. The van der Waals surface area contributed by atoms with Crippen molar-refractivity contribution in [3.8, 4) is 0 Å². The number of hydrogen-bond donors (Lipinski definition) is 0. The Balaban J connectivity index is 2.09. The minimum Gasteiger partial charge on any atom is -0.247 e. The molecule has 0 saturated heterocycles. The molecule has 0 N–H and O–H groups in total. The van der Waals surface area contributed by atoms with Crippen LogP contribution in [0.5, 0.6) is 0 Å². The highest BCUT2D eigenvalue weighted by Gasteiger charge is 2.34. The van der Waals surface area contributed by atoms with Crippen LogP contribution < -0.4 is 0 Å². The first-order valence-electron chi connectivity index (χ1n) is 2.28. The Morgan fingerprint density at radius 2 is 2.33 bits per heavy atom. The highest BCUT2D eigenvalue weighted by atomic mass is 19.1. The fraction of sp³-hybridized carbons (Fsp3) is 0.800. The summed E-state index contributed by atoms with van der Waals surface area (Å²) in [6.07, 6.45) is 1.05. The van der Waals surface area contributed by atoms with Crippen LogP contribution in [0.4, 0.5) is 4.39 Å². The summed E-state index contributed by atoms with van der Waals surface area (Å²) in [5.41, 5.74) is 0. The van der Waals surface area contributed by atoms with Gasteiger partial charge in [-0.25, -0.2) is 4.39 Å². The molecular formula is C5H8F. The Hall–Kier alpha value is -0.0700. The molecule has 1 heteroatoms. The van der Waals surface area contributed by atoms with Crippen LogP contribution in [0.25, 0.3) is 0 Å². The predicted octanol–water partition coefficient (Wildman–Crippen LogP) is 1.57. The van der Waals surface area contributed by atoms with Crippen molar-refractivity contribution in [1.82, 2.24) is 0 Å². The lowest BCUT2D eigenvalue weighted by molar-refractivity contribution is 0.446. The zero-order valence-electron chi connectivity index (χ0n) is 3.65. The normalized spacial score (nSPS) is 43.0. The zero-order chi connectivity index (χ0) is 4.57. The first kappa shape index (κ1) is 4.10. The summed E-state index contributed by atoms with van der Waals surface area (Å²) in [6, 6.07) is 0. The predicted molar refractivity (Wildman–Crippen MR) is 23.0 cm³/mol. The summed E-state index contributed by atoms with van der Waals surface area (Å²) in [7, 11) is 0. The Labute approximate surface area is 37.4 Å². The van der Waals surface area contributed by atoms with Crippen LogP contribution in [0.3, 0.4) is 0 Å². The average molecular weight is 87.1 g/mol. The highest BCUT2D eigenvalue weighted by molar-refractivity contribution is 4.86. The van der Waals surface area contributed by atoms with E-state index in [4.69, 9.17) is 0 Å². The maximum Gasteiger partial charge on any atom is 0.103 e. The molecule has 0 bridgehead atoms. The number of hydrogen-bond acceptors (Lipinski definition) is 0. The first-order valence-corrected chi connectivity index (χ1v) is 2.28. The monoisotopic (exact) mass is 87.1 g/mol. The van der Waals surface area contributed by atoms with E-state index in [0.29, 0.717) is 5.92 Å². The van der Waals surface area contributed by atoms with Gasteiger partial charge in [0.25, 0.3) is 0 Å². The van der Waals surface area contributed by atoms with Crippen LogP contribution in [-0.2, 0) is 0 Å². The first-order chi connectivity index (χ1) is 2.84. The number of rotatable bonds is 1. The molecule has 1 radical (unpaired) electrons. The lowest BCUT2D eigenvalue weighted by atomic mass is 10.3. The fourth-order valence-corrected chi connectivity index (χ4v) is 0.509. The Kier molecular flexibility index (Phi) is 0.827. The van der Waals surface area contributed by atoms with Crippen molar-refractivity contribution in [3.05, 3.63) is 6.92 Å². The van der Waals surface area contributed by atoms with Gasteiger partial charge in [0.2, 0.25) is 0 Å². The molecule has 1 aliphatic rings. The van der Waals surface area contributed by atoms with Gasteiger partial charge >= 0.3 is 0 Å². The largest absolute Gasteiger partial charge is 0.247 e. The van der Waals surface area contributed by atoms with E-state index in [9.17, 15) is 4.39 Å². The van der Waals surface area contributed by atoms with E-state index < -0.39 is 6.17 Å². The third-order valence-corrected chi connectivity index (χ3v) is 1.21. The van der Waals surface area contributed by atoms with Crippen molar-refractivity contribution in [2.24, 2.45) is 5.92 Å². The lowest BCUT2D eigenvalue weighted by Gasteiger charge is -1.76. The molecule has 0 aromatic carbocycles. The number of halogens is 1. The van der Waals surface area contributed by atoms with E-state index in [1.54, 1.807) is 0 Å². The Morgan fingerprint density at radius 1 is 1.83 bits per heavy atom. The topological polar surface area (TPSA) is 0 Å². The molecule has 1 rings (SSSR count). The molecule has 0 amide bonds. The summed E-state index contributed by atoms with van der Waals surface area (Å²) in [5.74, 6) is 0.324. The van der Waals surface area contributed by atoms with Crippen molar-refractivity contribution in [3.63, 3.8) is 0 Å². The smallest absolute Gasteiger partial charge is 0.103 e. The van der Waals surface area contributed by atoms with Crippen molar-refractivity contribution in [1.29, 1.82) is 0 Å². The van der Waals surface area contributed by atoms with Crippen molar-refractivity contribution in [2.75, 3.05) is 0 Å². The minimum absolute atomic E-state index is 0.324. The third-order valence-electron chi connectivity index (χ3n) is 1.21. The van der Waals surface area contributed by atoms with Crippen LogP contribution in [0.2, 0.25) is 0 Å². The zero-order valence-corrected chi connectivity index (χ0v) is 3.65. The SMILES string of the molecule is [CH2]CC1CC1F. The van der Waals surface area contributed by atoms with Gasteiger partial charge in [-0.3, -0.25) is 0 Å². The summed E-state index contributed by atoms with van der Waals surface area (Å²) in [5, 5.41) is 0. The van der Waals surface area contributed by atoms with Crippen molar-refractivity contribution >= 4 is 0 Å².